The number of carbonyl (C=O) groups is 1. The first-order valence-electron chi connectivity index (χ1n) is 7.27. The van der Waals surface area contributed by atoms with E-state index in [1.807, 2.05) is 11.8 Å². The number of ether oxygens (including phenoxy) is 1. The zero-order chi connectivity index (χ0) is 14.1. The molecule has 1 N–H and O–H groups in total. The fourth-order valence-electron chi connectivity index (χ4n) is 3.11. The highest BCUT2D eigenvalue weighted by molar-refractivity contribution is 7.99. The molecule has 3 nitrogen and oxygen atoms in total. The summed E-state index contributed by atoms with van der Waals surface area (Å²) < 4.78 is 5.48. The van der Waals surface area contributed by atoms with E-state index >= 15 is 0 Å². The van der Waals surface area contributed by atoms with Crippen molar-refractivity contribution in [1.82, 2.24) is 5.32 Å². The van der Waals surface area contributed by atoms with Crippen molar-refractivity contribution in [3.8, 4) is 0 Å². The number of hydrogen-bond acceptors (Lipinski definition) is 3. The van der Waals surface area contributed by atoms with Crippen LogP contribution in [-0.4, -0.2) is 37.2 Å². The maximum absolute atomic E-state index is 12.3. The summed E-state index contributed by atoms with van der Waals surface area (Å²) in [4.78, 5) is 12.3. The van der Waals surface area contributed by atoms with E-state index in [0.29, 0.717) is 12.0 Å². The van der Waals surface area contributed by atoms with E-state index in [0.717, 1.165) is 6.42 Å². The molecule has 1 saturated heterocycles. The van der Waals surface area contributed by atoms with E-state index in [1.54, 1.807) is 7.11 Å². The molecule has 0 bridgehead atoms. The molecule has 0 aromatic carbocycles. The van der Waals surface area contributed by atoms with E-state index < -0.39 is 0 Å². The Morgan fingerprint density at radius 2 is 2.05 bits per heavy atom. The molecule has 2 fully saturated rings. The van der Waals surface area contributed by atoms with Crippen LogP contribution in [0.4, 0.5) is 0 Å². The number of amides is 1. The molecule has 110 valence electrons. The smallest absolute Gasteiger partial charge is 0.223 e. The Morgan fingerprint density at radius 3 is 2.58 bits per heavy atom. The average molecular weight is 285 g/mol. The second-order valence-corrected chi connectivity index (χ2v) is 8.29. The summed E-state index contributed by atoms with van der Waals surface area (Å²) in [5.74, 6) is 2.97. The van der Waals surface area contributed by atoms with Crippen molar-refractivity contribution in [2.24, 2.45) is 16.7 Å². The van der Waals surface area contributed by atoms with Crippen LogP contribution in [-0.2, 0) is 9.53 Å². The first-order chi connectivity index (χ1) is 8.89. The van der Waals surface area contributed by atoms with Gasteiger partial charge in [0.15, 0.2) is 0 Å². The Balaban J connectivity index is 1.79. The number of methoxy groups -OCH3 is 1. The van der Waals surface area contributed by atoms with Crippen molar-refractivity contribution < 1.29 is 9.53 Å². The first kappa shape index (κ1) is 15.2. The van der Waals surface area contributed by atoms with Gasteiger partial charge in [0.05, 0.1) is 6.10 Å². The Bertz CT molecular complexity index is 332. The lowest BCUT2D eigenvalue weighted by molar-refractivity contribution is -0.124. The molecule has 1 saturated carbocycles. The van der Waals surface area contributed by atoms with E-state index in [9.17, 15) is 4.79 Å². The van der Waals surface area contributed by atoms with Gasteiger partial charge in [-0.3, -0.25) is 4.79 Å². The van der Waals surface area contributed by atoms with Crippen molar-refractivity contribution in [2.45, 2.75) is 46.1 Å². The summed E-state index contributed by atoms with van der Waals surface area (Å²) in [6, 6.07) is 0. The molecule has 1 aliphatic carbocycles. The van der Waals surface area contributed by atoms with Gasteiger partial charge in [-0.2, -0.15) is 11.8 Å². The number of carbonyl (C=O) groups excluding carboxylic acids is 1. The molecule has 0 aromatic rings. The van der Waals surface area contributed by atoms with Crippen LogP contribution in [0.2, 0.25) is 0 Å². The van der Waals surface area contributed by atoms with Gasteiger partial charge in [0.1, 0.15) is 0 Å². The summed E-state index contributed by atoms with van der Waals surface area (Å²) in [6.45, 7) is 7.05. The maximum atomic E-state index is 12.3. The van der Waals surface area contributed by atoms with Gasteiger partial charge >= 0.3 is 0 Å². The Morgan fingerprint density at radius 1 is 1.42 bits per heavy atom. The van der Waals surface area contributed by atoms with Crippen LogP contribution in [0.15, 0.2) is 0 Å². The highest BCUT2D eigenvalue weighted by Gasteiger charge is 2.57. The van der Waals surface area contributed by atoms with Crippen LogP contribution in [0.25, 0.3) is 0 Å². The van der Waals surface area contributed by atoms with Crippen molar-refractivity contribution in [2.75, 3.05) is 25.2 Å². The van der Waals surface area contributed by atoms with Gasteiger partial charge in [-0.05, 0) is 41.6 Å². The summed E-state index contributed by atoms with van der Waals surface area (Å²) in [7, 11) is 1.72. The lowest BCUT2D eigenvalue weighted by Gasteiger charge is -2.29. The lowest BCUT2D eigenvalue weighted by Crippen LogP contribution is -2.41. The van der Waals surface area contributed by atoms with E-state index in [-0.39, 0.29) is 23.3 Å². The minimum absolute atomic E-state index is 0.0603. The molecule has 2 unspecified atom stereocenters. The van der Waals surface area contributed by atoms with Gasteiger partial charge < -0.3 is 10.1 Å². The third-order valence-electron chi connectivity index (χ3n) is 4.71. The first-order valence-corrected chi connectivity index (χ1v) is 8.43. The zero-order valence-electron chi connectivity index (χ0n) is 12.6. The van der Waals surface area contributed by atoms with Crippen molar-refractivity contribution in [1.29, 1.82) is 0 Å². The molecular formula is C15H27NO2S. The van der Waals surface area contributed by atoms with Crippen molar-refractivity contribution in [3.63, 3.8) is 0 Å². The van der Waals surface area contributed by atoms with Crippen LogP contribution in [0.5, 0.6) is 0 Å². The predicted molar refractivity (Wildman–Crippen MR) is 80.4 cm³/mol. The van der Waals surface area contributed by atoms with Crippen LogP contribution in [0, 0.1) is 16.7 Å². The SMILES string of the molecule is COC(CNC(=O)C1CC12CCSCC2)C(C)(C)C. The van der Waals surface area contributed by atoms with Gasteiger partial charge in [0.25, 0.3) is 0 Å². The fourth-order valence-corrected chi connectivity index (χ4v) is 4.41. The summed E-state index contributed by atoms with van der Waals surface area (Å²) >= 11 is 2.02. The fraction of sp³-hybridized carbons (Fsp3) is 0.933. The third-order valence-corrected chi connectivity index (χ3v) is 5.69. The zero-order valence-corrected chi connectivity index (χ0v) is 13.4. The summed E-state index contributed by atoms with van der Waals surface area (Å²) in [5, 5.41) is 3.10. The van der Waals surface area contributed by atoms with Gasteiger partial charge in [0.2, 0.25) is 5.91 Å². The molecular weight excluding hydrogens is 258 g/mol. The Labute approximate surface area is 121 Å². The van der Waals surface area contributed by atoms with Crippen LogP contribution < -0.4 is 5.32 Å². The highest BCUT2D eigenvalue weighted by Crippen LogP contribution is 2.60. The molecule has 2 aliphatic rings. The largest absolute Gasteiger partial charge is 0.379 e. The summed E-state index contributed by atoms with van der Waals surface area (Å²) in [5.41, 5.74) is 0.421. The molecule has 19 heavy (non-hydrogen) atoms. The number of rotatable bonds is 4. The molecule has 0 aromatic heterocycles. The lowest BCUT2D eigenvalue weighted by atomic mass is 9.89. The van der Waals surface area contributed by atoms with E-state index in [4.69, 9.17) is 4.74 Å². The van der Waals surface area contributed by atoms with Gasteiger partial charge in [0, 0.05) is 19.6 Å². The second kappa shape index (κ2) is 5.65. The number of nitrogens with one attached hydrogen (secondary N) is 1. The highest BCUT2D eigenvalue weighted by atomic mass is 32.2. The van der Waals surface area contributed by atoms with Crippen molar-refractivity contribution >= 4 is 17.7 Å². The standard InChI is InChI=1S/C15H27NO2S/c1-14(2,3)12(18-4)10-16-13(17)11-9-15(11)5-7-19-8-6-15/h11-12H,5-10H2,1-4H3,(H,16,17). The molecule has 1 amide bonds. The summed E-state index contributed by atoms with van der Waals surface area (Å²) in [6.07, 6.45) is 3.63. The Kier molecular flexibility index (Phi) is 4.51. The number of hydrogen-bond donors (Lipinski definition) is 1. The minimum Gasteiger partial charge on any atom is -0.379 e. The van der Waals surface area contributed by atoms with E-state index in [2.05, 4.69) is 26.1 Å². The molecule has 4 heteroatoms. The minimum atomic E-state index is 0.0603. The third kappa shape index (κ3) is 3.46. The quantitative estimate of drug-likeness (QED) is 0.863. The van der Waals surface area contributed by atoms with Crippen molar-refractivity contribution in [3.05, 3.63) is 0 Å². The van der Waals surface area contributed by atoms with Gasteiger partial charge in [-0.25, -0.2) is 0 Å². The second-order valence-electron chi connectivity index (χ2n) is 7.07. The van der Waals surface area contributed by atoms with Crippen LogP contribution >= 0.6 is 11.8 Å². The monoisotopic (exact) mass is 285 g/mol. The molecule has 0 radical (unpaired) electrons. The predicted octanol–water partition coefficient (Wildman–Crippen LogP) is 2.70. The average Bonchev–Trinajstić information content (AvgIpc) is 3.02. The van der Waals surface area contributed by atoms with Crippen LogP contribution in [0.3, 0.4) is 0 Å². The van der Waals surface area contributed by atoms with Gasteiger partial charge in [-0.1, -0.05) is 20.8 Å². The molecule has 1 aliphatic heterocycles. The molecule has 1 spiro atoms. The number of thioether (sulfide) groups is 1. The molecule has 1 heterocycles. The normalized spacial score (nSPS) is 27.1. The molecule has 2 atom stereocenters. The Hall–Kier alpha value is -0.220. The van der Waals surface area contributed by atoms with E-state index in [1.165, 1.54) is 24.3 Å². The maximum Gasteiger partial charge on any atom is 0.223 e. The molecule has 2 rings (SSSR count). The topological polar surface area (TPSA) is 38.3 Å². The van der Waals surface area contributed by atoms with Crippen LogP contribution in [0.1, 0.15) is 40.0 Å². The van der Waals surface area contributed by atoms with Gasteiger partial charge in [-0.15, -0.1) is 0 Å².